The van der Waals surface area contributed by atoms with Crippen LogP contribution < -0.4 is 5.73 Å². The second-order valence-corrected chi connectivity index (χ2v) is 6.21. The van der Waals surface area contributed by atoms with Gasteiger partial charge in [-0.2, -0.15) is 8.78 Å². The van der Waals surface area contributed by atoms with Crippen molar-refractivity contribution < 1.29 is 13.2 Å². The Morgan fingerprint density at radius 1 is 0.944 bits per heavy atom. The molecule has 0 radical (unpaired) electrons. The molecule has 102 valence electrons. The standard InChI is InChI=1S/C14H20F3N/c1-12(2,3)9-7-6-8-10(11(9)15)14(16,17)13(4,5)18/h6-8H,18H2,1-5H3. The fraction of sp³-hybridized carbons (Fsp3) is 0.571. The molecule has 0 bridgehead atoms. The Labute approximate surface area is 106 Å². The zero-order chi connectivity index (χ0) is 14.4. The highest BCUT2D eigenvalue weighted by molar-refractivity contribution is 5.34. The van der Waals surface area contributed by atoms with Crippen LogP contribution in [0.1, 0.15) is 45.7 Å². The van der Waals surface area contributed by atoms with Gasteiger partial charge in [-0.15, -0.1) is 0 Å². The Balaban J connectivity index is 3.46. The summed E-state index contributed by atoms with van der Waals surface area (Å²) in [5.74, 6) is -4.29. The lowest BCUT2D eigenvalue weighted by atomic mass is 9.82. The quantitative estimate of drug-likeness (QED) is 0.855. The molecular weight excluding hydrogens is 239 g/mol. The maximum absolute atomic E-state index is 14.3. The third-order valence-corrected chi connectivity index (χ3v) is 2.95. The zero-order valence-corrected chi connectivity index (χ0v) is 11.4. The normalized spacial score (nSPS) is 13.8. The van der Waals surface area contributed by atoms with Crippen molar-refractivity contribution in [3.05, 3.63) is 35.1 Å². The molecule has 0 saturated carbocycles. The van der Waals surface area contributed by atoms with E-state index in [0.29, 0.717) is 0 Å². The summed E-state index contributed by atoms with van der Waals surface area (Å²) in [4.78, 5) is 0. The number of benzene rings is 1. The van der Waals surface area contributed by atoms with Crippen LogP contribution in [0.5, 0.6) is 0 Å². The van der Waals surface area contributed by atoms with Crippen molar-refractivity contribution >= 4 is 0 Å². The number of nitrogens with two attached hydrogens (primary N) is 1. The van der Waals surface area contributed by atoms with E-state index in [1.54, 1.807) is 20.8 Å². The van der Waals surface area contributed by atoms with Crippen molar-refractivity contribution in [1.82, 2.24) is 0 Å². The van der Waals surface area contributed by atoms with Gasteiger partial charge in [0.05, 0.1) is 11.1 Å². The van der Waals surface area contributed by atoms with E-state index >= 15 is 0 Å². The molecule has 0 aliphatic rings. The average molecular weight is 259 g/mol. The van der Waals surface area contributed by atoms with E-state index in [0.717, 1.165) is 6.07 Å². The molecule has 1 rings (SSSR count). The number of alkyl halides is 2. The number of halogens is 3. The van der Waals surface area contributed by atoms with Gasteiger partial charge in [0.2, 0.25) is 0 Å². The SMILES string of the molecule is CC(C)(C)c1cccc(C(F)(F)C(C)(C)N)c1F. The molecule has 18 heavy (non-hydrogen) atoms. The van der Waals surface area contributed by atoms with Gasteiger partial charge in [-0.3, -0.25) is 0 Å². The van der Waals surface area contributed by atoms with Crippen molar-refractivity contribution in [2.75, 3.05) is 0 Å². The van der Waals surface area contributed by atoms with Gasteiger partial charge in [0.15, 0.2) is 0 Å². The van der Waals surface area contributed by atoms with Crippen LogP contribution in [0, 0.1) is 5.82 Å². The van der Waals surface area contributed by atoms with E-state index in [1.165, 1.54) is 26.0 Å². The summed E-state index contributed by atoms with van der Waals surface area (Å²) in [6.07, 6.45) is 0. The highest BCUT2D eigenvalue weighted by atomic mass is 19.3. The van der Waals surface area contributed by atoms with Crippen LogP contribution in [-0.2, 0) is 11.3 Å². The van der Waals surface area contributed by atoms with Gasteiger partial charge in [0.1, 0.15) is 5.82 Å². The van der Waals surface area contributed by atoms with Gasteiger partial charge in [-0.25, -0.2) is 4.39 Å². The van der Waals surface area contributed by atoms with Gasteiger partial charge in [-0.1, -0.05) is 32.9 Å². The first kappa shape index (κ1) is 15.0. The second kappa shape index (κ2) is 4.26. The zero-order valence-electron chi connectivity index (χ0n) is 11.4. The molecule has 0 fully saturated rings. The summed E-state index contributed by atoms with van der Waals surface area (Å²) in [6.45, 7) is 7.72. The van der Waals surface area contributed by atoms with Crippen LogP contribution in [0.15, 0.2) is 18.2 Å². The lowest BCUT2D eigenvalue weighted by Crippen LogP contribution is -2.49. The van der Waals surface area contributed by atoms with Gasteiger partial charge in [0.25, 0.3) is 5.92 Å². The molecule has 4 heteroatoms. The van der Waals surface area contributed by atoms with E-state index in [1.807, 2.05) is 0 Å². The van der Waals surface area contributed by atoms with E-state index in [-0.39, 0.29) is 5.56 Å². The molecule has 0 aromatic heterocycles. The maximum Gasteiger partial charge on any atom is 0.293 e. The molecule has 2 N–H and O–H groups in total. The van der Waals surface area contributed by atoms with Gasteiger partial charge < -0.3 is 5.73 Å². The Bertz CT molecular complexity index is 439. The van der Waals surface area contributed by atoms with Crippen LogP contribution in [0.4, 0.5) is 13.2 Å². The average Bonchev–Trinajstić information content (AvgIpc) is 2.13. The fourth-order valence-electron chi connectivity index (χ4n) is 1.70. The molecule has 1 nitrogen and oxygen atoms in total. The second-order valence-electron chi connectivity index (χ2n) is 6.21. The summed E-state index contributed by atoms with van der Waals surface area (Å²) < 4.78 is 42.5. The van der Waals surface area contributed by atoms with Gasteiger partial charge in [0, 0.05) is 0 Å². The smallest absolute Gasteiger partial charge is 0.293 e. The van der Waals surface area contributed by atoms with E-state index < -0.39 is 28.3 Å². The number of rotatable bonds is 2. The molecule has 0 atom stereocenters. The molecule has 0 aliphatic carbocycles. The van der Waals surface area contributed by atoms with Crippen LogP contribution in [0.3, 0.4) is 0 Å². The largest absolute Gasteiger partial charge is 0.320 e. The third kappa shape index (κ3) is 2.53. The van der Waals surface area contributed by atoms with Crippen LogP contribution in [0.25, 0.3) is 0 Å². The molecule has 0 spiro atoms. The summed E-state index contributed by atoms with van der Waals surface area (Å²) in [6, 6.07) is 4.07. The fourth-order valence-corrected chi connectivity index (χ4v) is 1.70. The van der Waals surface area contributed by atoms with Crippen LogP contribution >= 0.6 is 0 Å². The van der Waals surface area contributed by atoms with Crippen molar-refractivity contribution in [2.24, 2.45) is 5.73 Å². The molecule has 0 aliphatic heterocycles. The van der Waals surface area contributed by atoms with Gasteiger partial charge >= 0.3 is 0 Å². The molecule has 0 unspecified atom stereocenters. The topological polar surface area (TPSA) is 26.0 Å². The molecule has 0 amide bonds. The summed E-state index contributed by atoms with van der Waals surface area (Å²) in [5, 5.41) is 0. The highest BCUT2D eigenvalue weighted by Crippen LogP contribution is 2.40. The Morgan fingerprint density at radius 2 is 1.39 bits per heavy atom. The Morgan fingerprint density at radius 3 is 1.78 bits per heavy atom. The molecular formula is C14H20F3N. The summed E-state index contributed by atoms with van der Waals surface area (Å²) >= 11 is 0. The number of hydrogen-bond acceptors (Lipinski definition) is 1. The summed E-state index contributed by atoms with van der Waals surface area (Å²) in [5.41, 5.74) is 2.74. The van der Waals surface area contributed by atoms with Crippen LogP contribution in [0.2, 0.25) is 0 Å². The first-order valence-electron chi connectivity index (χ1n) is 5.85. The van der Waals surface area contributed by atoms with Crippen molar-refractivity contribution in [1.29, 1.82) is 0 Å². The molecule has 1 aromatic rings. The van der Waals surface area contributed by atoms with Gasteiger partial charge in [-0.05, 0) is 30.9 Å². The molecule has 0 saturated heterocycles. The monoisotopic (exact) mass is 259 g/mol. The Kier molecular flexibility index (Phi) is 3.56. The minimum absolute atomic E-state index is 0.268. The first-order valence-corrected chi connectivity index (χ1v) is 5.85. The Hall–Kier alpha value is -1.03. The lowest BCUT2D eigenvalue weighted by Gasteiger charge is -2.32. The van der Waals surface area contributed by atoms with E-state index in [4.69, 9.17) is 5.73 Å². The summed E-state index contributed by atoms with van der Waals surface area (Å²) in [7, 11) is 0. The highest BCUT2D eigenvalue weighted by Gasteiger charge is 2.47. The first-order chi connectivity index (χ1) is 7.89. The van der Waals surface area contributed by atoms with Crippen LogP contribution in [-0.4, -0.2) is 5.54 Å². The van der Waals surface area contributed by atoms with E-state index in [9.17, 15) is 13.2 Å². The van der Waals surface area contributed by atoms with Crippen molar-refractivity contribution in [3.8, 4) is 0 Å². The lowest BCUT2D eigenvalue weighted by molar-refractivity contribution is -0.0702. The minimum Gasteiger partial charge on any atom is -0.320 e. The molecule has 0 heterocycles. The van der Waals surface area contributed by atoms with Crippen molar-refractivity contribution in [3.63, 3.8) is 0 Å². The third-order valence-electron chi connectivity index (χ3n) is 2.95. The molecule has 1 aromatic carbocycles. The van der Waals surface area contributed by atoms with Crippen molar-refractivity contribution in [2.45, 2.75) is 51.5 Å². The number of hydrogen-bond donors (Lipinski definition) is 1. The van der Waals surface area contributed by atoms with E-state index in [2.05, 4.69) is 0 Å². The predicted molar refractivity (Wildman–Crippen MR) is 67.3 cm³/mol. The maximum atomic E-state index is 14.3. The predicted octanol–water partition coefficient (Wildman–Crippen LogP) is 3.95. The minimum atomic E-state index is -3.42.